The first-order chi connectivity index (χ1) is 12.3. The van der Waals surface area contributed by atoms with Crippen LogP contribution in [0, 0.1) is 0 Å². The Hall–Kier alpha value is -1.74. The SMILES string of the molecule is CC(C)NS(=O)(=O)c1ccc(/C=C/c2nc(C3(N)CCCC3)no2)cc1.Cl. The summed E-state index contributed by atoms with van der Waals surface area (Å²) in [5.41, 5.74) is 6.67. The second-order valence-electron chi connectivity index (χ2n) is 7.00. The molecule has 0 saturated heterocycles. The molecule has 0 unspecified atom stereocenters. The molecule has 0 atom stereocenters. The number of nitrogens with zero attached hydrogens (tertiary/aromatic N) is 2. The zero-order chi connectivity index (χ0) is 18.8. The van der Waals surface area contributed by atoms with Gasteiger partial charge in [0.1, 0.15) is 0 Å². The summed E-state index contributed by atoms with van der Waals surface area (Å²) in [6.45, 7) is 3.56. The Morgan fingerprint density at radius 3 is 2.41 bits per heavy atom. The fourth-order valence-corrected chi connectivity index (χ4v) is 4.29. The molecular weight excluding hydrogens is 388 g/mol. The third-order valence-electron chi connectivity index (χ3n) is 4.38. The first-order valence-electron chi connectivity index (χ1n) is 8.72. The maximum absolute atomic E-state index is 12.1. The molecule has 7 nitrogen and oxygen atoms in total. The maximum Gasteiger partial charge on any atom is 0.250 e. The highest BCUT2D eigenvalue weighted by molar-refractivity contribution is 7.89. The summed E-state index contributed by atoms with van der Waals surface area (Å²) in [6.07, 6.45) is 7.40. The molecule has 1 aromatic heterocycles. The van der Waals surface area contributed by atoms with E-state index in [2.05, 4.69) is 14.9 Å². The van der Waals surface area contributed by atoms with Gasteiger partial charge in [-0.2, -0.15) is 4.98 Å². The Balaban J connectivity index is 0.00000261. The van der Waals surface area contributed by atoms with Crippen LogP contribution in [0.1, 0.15) is 56.8 Å². The van der Waals surface area contributed by atoms with E-state index in [9.17, 15) is 8.42 Å². The number of sulfonamides is 1. The zero-order valence-electron chi connectivity index (χ0n) is 15.4. The Bertz CT molecular complexity index is 886. The van der Waals surface area contributed by atoms with E-state index in [1.807, 2.05) is 0 Å². The molecule has 0 amide bonds. The van der Waals surface area contributed by atoms with Crippen molar-refractivity contribution in [1.29, 1.82) is 0 Å². The van der Waals surface area contributed by atoms with Crippen molar-refractivity contribution in [2.75, 3.05) is 0 Å². The first kappa shape index (κ1) is 21.6. The van der Waals surface area contributed by atoms with E-state index in [1.165, 1.54) is 0 Å². The lowest BCUT2D eigenvalue weighted by atomic mass is 9.99. The summed E-state index contributed by atoms with van der Waals surface area (Å²) in [7, 11) is -3.49. The smallest absolute Gasteiger partial charge is 0.250 e. The van der Waals surface area contributed by atoms with E-state index >= 15 is 0 Å². The number of nitrogens with two attached hydrogens (primary N) is 1. The van der Waals surface area contributed by atoms with Crippen LogP contribution < -0.4 is 10.5 Å². The van der Waals surface area contributed by atoms with E-state index < -0.39 is 15.6 Å². The minimum Gasteiger partial charge on any atom is -0.335 e. The summed E-state index contributed by atoms with van der Waals surface area (Å²) in [6, 6.07) is 6.43. The molecule has 1 saturated carbocycles. The number of hydrogen-bond donors (Lipinski definition) is 2. The highest BCUT2D eigenvalue weighted by Gasteiger charge is 2.35. The van der Waals surface area contributed by atoms with Crippen LogP contribution >= 0.6 is 12.4 Å². The largest absolute Gasteiger partial charge is 0.335 e. The molecule has 1 fully saturated rings. The normalized spacial score (nSPS) is 16.7. The minimum absolute atomic E-state index is 0. The van der Waals surface area contributed by atoms with Crippen molar-refractivity contribution in [3.05, 3.63) is 41.5 Å². The second kappa shape index (κ2) is 8.52. The summed E-state index contributed by atoms with van der Waals surface area (Å²) < 4.78 is 32.0. The molecular formula is C18H25ClN4O3S. The molecule has 3 rings (SSSR count). The van der Waals surface area contributed by atoms with Crippen molar-refractivity contribution in [3.8, 4) is 0 Å². The summed E-state index contributed by atoms with van der Waals surface area (Å²) in [5.74, 6) is 0.936. The molecule has 1 aromatic carbocycles. The van der Waals surface area contributed by atoms with Crippen LogP contribution in [0.25, 0.3) is 12.2 Å². The van der Waals surface area contributed by atoms with Gasteiger partial charge in [0.05, 0.1) is 10.4 Å². The molecule has 27 heavy (non-hydrogen) atoms. The van der Waals surface area contributed by atoms with Crippen molar-refractivity contribution >= 4 is 34.6 Å². The lowest BCUT2D eigenvalue weighted by Gasteiger charge is -2.17. The molecule has 0 radical (unpaired) electrons. The van der Waals surface area contributed by atoms with Crippen LogP contribution in [0.2, 0.25) is 0 Å². The Labute approximate surface area is 165 Å². The molecule has 1 heterocycles. The Kier molecular flexibility index (Phi) is 6.80. The highest BCUT2D eigenvalue weighted by Crippen LogP contribution is 2.34. The van der Waals surface area contributed by atoms with Gasteiger partial charge in [-0.1, -0.05) is 30.1 Å². The topological polar surface area (TPSA) is 111 Å². The van der Waals surface area contributed by atoms with Gasteiger partial charge >= 0.3 is 0 Å². The van der Waals surface area contributed by atoms with Gasteiger partial charge in [-0.25, -0.2) is 13.1 Å². The molecule has 1 aliphatic rings. The summed E-state index contributed by atoms with van der Waals surface area (Å²) in [5, 5.41) is 4.01. The number of nitrogens with one attached hydrogen (secondary N) is 1. The number of hydrogen-bond acceptors (Lipinski definition) is 6. The number of aromatic nitrogens is 2. The standard InChI is InChI=1S/C18H24N4O3S.ClH/c1-13(2)22-26(23,24)15-8-5-14(6-9-15)7-10-16-20-17(21-25-16)18(19)11-3-4-12-18;/h5-10,13,22H,3-4,11-12,19H2,1-2H3;1H/b10-7+;. The average Bonchev–Trinajstić information content (AvgIpc) is 3.22. The molecule has 2 aromatic rings. The van der Waals surface area contributed by atoms with Gasteiger partial charge in [-0.3, -0.25) is 0 Å². The summed E-state index contributed by atoms with van der Waals surface area (Å²) in [4.78, 5) is 4.60. The minimum atomic E-state index is -3.49. The lowest BCUT2D eigenvalue weighted by Crippen LogP contribution is -2.34. The number of benzene rings is 1. The van der Waals surface area contributed by atoms with Crippen LogP contribution in [0.4, 0.5) is 0 Å². The third-order valence-corrected chi connectivity index (χ3v) is 6.06. The molecule has 0 bridgehead atoms. The van der Waals surface area contributed by atoms with Crippen LogP contribution in [0.5, 0.6) is 0 Å². The van der Waals surface area contributed by atoms with Crippen molar-refractivity contribution in [2.45, 2.75) is 56.0 Å². The van der Waals surface area contributed by atoms with Crippen LogP contribution in [0.3, 0.4) is 0 Å². The number of rotatable bonds is 6. The summed E-state index contributed by atoms with van der Waals surface area (Å²) >= 11 is 0. The van der Waals surface area contributed by atoms with Crippen LogP contribution in [0.15, 0.2) is 33.7 Å². The van der Waals surface area contributed by atoms with Gasteiger partial charge in [0.15, 0.2) is 5.82 Å². The van der Waals surface area contributed by atoms with Gasteiger partial charge in [0, 0.05) is 12.1 Å². The lowest BCUT2D eigenvalue weighted by molar-refractivity contribution is 0.364. The van der Waals surface area contributed by atoms with Crippen LogP contribution in [-0.4, -0.2) is 24.6 Å². The van der Waals surface area contributed by atoms with E-state index in [0.29, 0.717) is 11.7 Å². The zero-order valence-corrected chi connectivity index (χ0v) is 17.0. The van der Waals surface area contributed by atoms with Gasteiger partial charge in [0.2, 0.25) is 10.0 Å². The van der Waals surface area contributed by atoms with Gasteiger partial charge < -0.3 is 10.3 Å². The van der Waals surface area contributed by atoms with Gasteiger partial charge in [0.25, 0.3) is 5.89 Å². The second-order valence-corrected chi connectivity index (χ2v) is 8.71. The molecule has 3 N–H and O–H groups in total. The molecule has 148 valence electrons. The Morgan fingerprint density at radius 2 is 1.81 bits per heavy atom. The van der Waals surface area contributed by atoms with Crippen molar-refractivity contribution < 1.29 is 12.9 Å². The molecule has 9 heteroatoms. The molecule has 0 aliphatic heterocycles. The van der Waals surface area contributed by atoms with Gasteiger partial charge in [-0.15, -0.1) is 12.4 Å². The van der Waals surface area contributed by atoms with E-state index in [4.69, 9.17) is 10.3 Å². The van der Waals surface area contributed by atoms with Crippen molar-refractivity contribution in [2.24, 2.45) is 5.73 Å². The fourth-order valence-electron chi connectivity index (χ4n) is 3.04. The van der Waals surface area contributed by atoms with Gasteiger partial charge in [-0.05, 0) is 50.5 Å². The van der Waals surface area contributed by atoms with Crippen molar-refractivity contribution in [3.63, 3.8) is 0 Å². The molecule has 1 aliphatic carbocycles. The molecule has 0 spiro atoms. The van der Waals surface area contributed by atoms with Crippen LogP contribution in [-0.2, 0) is 15.6 Å². The quantitative estimate of drug-likeness (QED) is 0.754. The third kappa shape index (κ3) is 5.16. The monoisotopic (exact) mass is 412 g/mol. The maximum atomic E-state index is 12.1. The predicted octanol–water partition coefficient (Wildman–Crippen LogP) is 3.08. The van der Waals surface area contributed by atoms with E-state index in [0.717, 1.165) is 31.2 Å². The Morgan fingerprint density at radius 1 is 1.19 bits per heavy atom. The fraction of sp³-hybridized carbons (Fsp3) is 0.444. The average molecular weight is 413 g/mol. The van der Waals surface area contributed by atoms with E-state index in [-0.39, 0.29) is 23.3 Å². The number of halogens is 1. The predicted molar refractivity (Wildman–Crippen MR) is 107 cm³/mol. The van der Waals surface area contributed by atoms with Crippen molar-refractivity contribution in [1.82, 2.24) is 14.9 Å². The van der Waals surface area contributed by atoms with E-state index in [1.54, 1.807) is 50.3 Å². The first-order valence-corrected chi connectivity index (χ1v) is 10.2. The highest BCUT2D eigenvalue weighted by atomic mass is 35.5.